The highest BCUT2D eigenvalue weighted by molar-refractivity contribution is 5.92. The van der Waals surface area contributed by atoms with Crippen LogP contribution in [-0.2, 0) is 14.3 Å². The van der Waals surface area contributed by atoms with Gasteiger partial charge in [-0.25, -0.2) is 0 Å². The van der Waals surface area contributed by atoms with Crippen LogP contribution >= 0.6 is 0 Å². The monoisotopic (exact) mass is 415 g/mol. The third kappa shape index (κ3) is 4.08. The lowest BCUT2D eigenvalue weighted by Gasteiger charge is -2.66. The number of carbonyl (C=O) groups is 2. The van der Waals surface area contributed by atoms with Crippen molar-refractivity contribution in [3.63, 3.8) is 0 Å². The van der Waals surface area contributed by atoms with Crippen molar-refractivity contribution in [2.24, 2.45) is 35.0 Å². The van der Waals surface area contributed by atoms with Gasteiger partial charge in [-0.15, -0.1) is 0 Å². The van der Waals surface area contributed by atoms with Gasteiger partial charge in [0.25, 0.3) is 0 Å². The number of nitrogens with one attached hydrogen (secondary N) is 1. The highest BCUT2D eigenvalue weighted by atomic mass is 16.6. The Bertz CT molecular complexity index is 674. The molecule has 0 radical (unpaired) electrons. The first kappa shape index (κ1) is 21.9. The summed E-state index contributed by atoms with van der Waals surface area (Å²) < 4.78 is 6.63. The van der Waals surface area contributed by atoms with Gasteiger partial charge in [0.1, 0.15) is 5.60 Å². The Morgan fingerprint density at radius 2 is 1.77 bits per heavy atom. The molecule has 0 aromatic carbocycles. The molecule has 30 heavy (non-hydrogen) atoms. The van der Waals surface area contributed by atoms with Gasteiger partial charge in [0, 0.05) is 30.4 Å². The summed E-state index contributed by atoms with van der Waals surface area (Å²) >= 11 is 0. The molecule has 5 fully saturated rings. The highest BCUT2D eigenvalue weighted by Crippen LogP contribution is 2.67. The molecule has 0 saturated heterocycles. The fraction of sp³-hybridized carbons (Fsp3) is 0.846. The molecule has 0 heterocycles. The summed E-state index contributed by atoms with van der Waals surface area (Å²) in [7, 11) is 0. The Morgan fingerprint density at radius 3 is 2.37 bits per heavy atom. The summed E-state index contributed by atoms with van der Waals surface area (Å²) in [5, 5.41) is 2.83. The summed E-state index contributed by atoms with van der Waals surface area (Å²) in [6.07, 6.45) is 12.4. The number of hydrogen-bond acceptors (Lipinski definition) is 3. The van der Waals surface area contributed by atoms with Gasteiger partial charge in [-0.2, -0.15) is 0 Å². The van der Waals surface area contributed by atoms with Crippen LogP contribution in [0.15, 0.2) is 12.2 Å². The van der Waals surface area contributed by atoms with Crippen LogP contribution in [-0.4, -0.2) is 24.0 Å². The van der Waals surface area contributed by atoms with Gasteiger partial charge in [-0.3, -0.25) is 9.59 Å². The molecule has 4 nitrogen and oxygen atoms in total. The third-order valence-corrected chi connectivity index (χ3v) is 8.87. The summed E-state index contributed by atoms with van der Waals surface area (Å²) in [6.45, 7) is 10.7. The Labute approximate surface area is 182 Å². The second-order valence-electron chi connectivity index (χ2n) is 11.6. The van der Waals surface area contributed by atoms with Crippen LogP contribution in [0.4, 0.5) is 0 Å². The molecule has 4 unspecified atom stereocenters. The molecule has 4 bridgehead atoms. The largest absolute Gasteiger partial charge is 0.458 e. The maximum absolute atomic E-state index is 13.1. The van der Waals surface area contributed by atoms with Crippen molar-refractivity contribution in [1.29, 1.82) is 0 Å². The van der Waals surface area contributed by atoms with Gasteiger partial charge < -0.3 is 10.1 Å². The van der Waals surface area contributed by atoms with Crippen LogP contribution in [0, 0.1) is 35.0 Å². The van der Waals surface area contributed by atoms with E-state index in [0.29, 0.717) is 48.1 Å². The van der Waals surface area contributed by atoms with Crippen LogP contribution in [0.3, 0.4) is 0 Å². The quantitative estimate of drug-likeness (QED) is 0.343. The van der Waals surface area contributed by atoms with Crippen molar-refractivity contribution in [1.82, 2.24) is 5.32 Å². The molecule has 5 aliphatic rings. The summed E-state index contributed by atoms with van der Waals surface area (Å²) in [5.74, 6) is 3.04. The molecule has 1 N–H and O–H groups in total. The van der Waals surface area contributed by atoms with Crippen LogP contribution in [0.5, 0.6) is 0 Å². The molecule has 0 aromatic rings. The van der Waals surface area contributed by atoms with E-state index >= 15 is 0 Å². The molecule has 4 atom stereocenters. The van der Waals surface area contributed by atoms with E-state index < -0.39 is 0 Å². The maximum atomic E-state index is 13.1. The number of carbonyl (C=O) groups excluding carboxylic acids is 2. The molecule has 0 aliphatic heterocycles. The van der Waals surface area contributed by atoms with Crippen LogP contribution in [0.2, 0.25) is 0 Å². The third-order valence-electron chi connectivity index (χ3n) is 8.87. The second-order valence-corrected chi connectivity index (χ2v) is 11.6. The zero-order valence-corrected chi connectivity index (χ0v) is 19.3. The number of esters is 1. The molecule has 1 amide bonds. The SMILES string of the molecule is C=C(C)C(=O)NCCCC(=O)OC1(C2CCCC(C)C2)C2CC3CC1CC(C)(C3)C2. The Hall–Kier alpha value is -1.32. The number of ether oxygens (including phenoxy) is 1. The molecular weight excluding hydrogens is 374 g/mol. The predicted molar refractivity (Wildman–Crippen MR) is 119 cm³/mol. The van der Waals surface area contributed by atoms with E-state index in [1.165, 1.54) is 57.8 Å². The molecular formula is C26H41NO3. The standard InChI is InChI=1S/C26H41NO3/c1-17(2)24(29)27-10-6-9-23(28)30-26(20-8-5-7-18(3)11-20)21-12-19-13-22(26)16-25(4,14-19)15-21/h18-22H,1,5-16H2,2-4H3,(H,27,29). The number of amides is 1. The molecule has 5 aliphatic carbocycles. The van der Waals surface area contributed by atoms with Crippen LogP contribution in [0.25, 0.3) is 0 Å². The summed E-state index contributed by atoms with van der Waals surface area (Å²) in [5.41, 5.74) is 0.757. The molecule has 4 heteroatoms. The average Bonchev–Trinajstić information content (AvgIpc) is 2.66. The van der Waals surface area contributed by atoms with Crippen LogP contribution in [0.1, 0.15) is 91.4 Å². The fourth-order valence-electron chi connectivity index (χ4n) is 7.99. The smallest absolute Gasteiger partial charge is 0.306 e. The Kier molecular flexibility index (Phi) is 6.07. The topological polar surface area (TPSA) is 55.4 Å². The van der Waals surface area contributed by atoms with Gasteiger partial charge in [0.2, 0.25) is 5.91 Å². The van der Waals surface area contributed by atoms with E-state index in [2.05, 4.69) is 25.7 Å². The van der Waals surface area contributed by atoms with E-state index in [1.807, 2.05) is 0 Å². The van der Waals surface area contributed by atoms with E-state index in [4.69, 9.17) is 4.74 Å². The molecule has 0 aromatic heterocycles. The Balaban J connectivity index is 1.46. The second kappa shape index (κ2) is 8.31. The molecule has 5 rings (SSSR count). The normalized spacial score (nSPS) is 42.0. The lowest BCUT2D eigenvalue weighted by molar-refractivity contribution is -0.247. The Morgan fingerprint density at radius 1 is 1.07 bits per heavy atom. The van der Waals surface area contributed by atoms with Gasteiger partial charge in [0.15, 0.2) is 0 Å². The average molecular weight is 416 g/mol. The highest BCUT2D eigenvalue weighted by Gasteiger charge is 2.65. The molecule has 0 spiro atoms. The number of rotatable bonds is 7. The van der Waals surface area contributed by atoms with Gasteiger partial charge in [-0.05, 0) is 81.5 Å². The van der Waals surface area contributed by atoms with E-state index in [-0.39, 0.29) is 17.5 Å². The first-order chi connectivity index (χ1) is 14.2. The van der Waals surface area contributed by atoms with Crippen molar-refractivity contribution in [2.75, 3.05) is 6.54 Å². The lowest BCUT2D eigenvalue weighted by Crippen LogP contribution is -2.65. The predicted octanol–water partition coefficient (Wildman–Crippen LogP) is 5.41. The fourth-order valence-corrected chi connectivity index (χ4v) is 7.99. The minimum atomic E-state index is -0.219. The number of hydrogen-bond donors (Lipinski definition) is 1. The van der Waals surface area contributed by atoms with E-state index in [1.54, 1.807) is 6.92 Å². The first-order valence-corrected chi connectivity index (χ1v) is 12.4. The van der Waals surface area contributed by atoms with Gasteiger partial charge >= 0.3 is 5.97 Å². The zero-order valence-electron chi connectivity index (χ0n) is 19.3. The van der Waals surface area contributed by atoms with Crippen molar-refractivity contribution in [3.8, 4) is 0 Å². The minimum absolute atomic E-state index is 0.0459. The summed E-state index contributed by atoms with van der Waals surface area (Å²) in [6, 6.07) is 0. The van der Waals surface area contributed by atoms with E-state index in [0.717, 1.165) is 11.8 Å². The minimum Gasteiger partial charge on any atom is -0.458 e. The lowest BCUT2D eigenvalue weighted by atomic mass is 9.42. The molecule has 168 valence electrons. The van der Waals surface area contributed by atoms with Crippen molar-refractivity contribution >= 4 is 11.9 Å². The van der Waals surface area contributed by atoms with Crippen molar-refractivity contribution < 1.29 is 14.3 Å². The van der Waals surface area contributed by atoms with E-state index in [9.17, 15) is 9.59 Å². The summed E-state index contributed by atoms with van der Waals surface area (Å²) in [4.78, 5) is 24.7. The molecule has 5 saturated carbocycles. The van der Waals surface area contributed by atoms with Gasteiger partial charge in [-0.1, -0.05) is 33.3 Å². The van der Waals surface area contributed by atoms with Crippen molar-refractivity contribution in [3.05, 3.63) is 12.2 Å². The van der Waals surface area contributed by atoms with Crippen LogP contribution < -0.4 is 5.32 Å². The maximum Gasteiger partial charge on any atom is 0.306 e. The van der Waals surface area contributed by atoms with Gasteiger partial charge in [0.05, 0.1) is 0 Å². The van der Waals surface area contributed by atoms with Crippen molar-refractivity contribution in [2.45, 2.75) is 97.0 Å². The first-order valence-electron chi connectivity index (χ1n) is 12.4. The zero-order chi connectivity index (χ0) is 21.5.